The zero-order valence-corrected chi connectivity index (χ0v) is 13.4. The summed E-state index contributed by atoms with van der Waals surface area (Å²) in [6, 6.07) is 25.4. The van der Waals surface area contributed by atoms with Gasteiger partial charge < -0.3 is 4.42 Å². The van der Waals surface area contributed by atoms with Crippen LogP contribution in [0.2, 0.25) is 0 Å². The largest absolute Gasteiger partial charge is 0.456 e. The minimum Gasteiger partial charge on any atom is -0.456 e. The van der Waals surface area contributed by atoms with Gasteiger partial charge in [-0.05, 0) is 52.2 Å². The molecule has 25 heavy (non-hydrogen) atoms. The van der Waals surface area contributed by atoms with Crippen LogP contribution in [-0.2, 0) is 0 Å². The molecule has 0 amide bonds. The van der Waals surface area contributed by atoms with Gasteiger partial charge in [-0.1, -0.05) is 48.5 Å². The Balaban J connectivity index is 1.59. The van der Waals surface area contributed by atoms with Gasteiger partial charge in [-0.15, -0.1) is 0 Å². The number of hydrogen-bond acceptors (Lipinski definition) is 1. The maximum absolute atomic E-state index is 13.6. The fourth-order valence-electron chi connectivity index (χ4n) is 3.35. The smallest absolute Gasteiger partial charge is 0.135 e. The average molecular weight is 325 g/mol. The summed E-state index contributed by atoms with van der Waals surface area (Å²) < 4.78 is 19.4. The summed E-state index contributed by atoms with van der Waals surface area (Å²) >= 11 is 0. The molecule has 1 heterocycles. The van der Waals surface area contributed by atoms with Crippen molar-refractivity contribution in [3.63, 3.8) is 0 Å². The molecule has 5 rings (SSSR count). The summed E-state index contributed by atoms with van der Waals surface area (Å²) in [6.07, 6.45) is 2.13. The summed E-state index contributed by atoms with van der Waals surface area (Å²) in [5.41, 5.74) is 3.68. The Morgan fingerprint density at radius 1 is 0.640 bits per heavy atom. The Labute approximate surface area is 144 Å². The highest BCUT2D eigenvalue weighted by atomic mass is 19.1. The van der Waals surface area contributed by atoms with E-state index < -0.39 is 0 Å². The second-order valence-corrected chi connectivity index (χ2v) is 6.25. The van der Waals surface area contributed by atoms with Crippen LogP contribution in [-0.4, -0.2) is 0 Å². The predicted octanol–water partition coefficient (Wildman–Crippen LogP) is 6.48. The van der Waals surface area contributed by atoms with Gasteiger partial charge in [0.25, 0.3) is 0 Å². The molecule has 0 saturated heterocycles. The number of halogens is 1. The number of benzene rings is 4. The minimum absolute atomic E-state index is 0.251. The number of furan rings is 1. The van der Waals surface area contributed by atoms with Crippen LogP contribution < -0.4 is 0 Å². The fourth-order valence-corrected chi connectivity index (χ4v) is 3.35. The molecule has 0 aliphatic heterocycles. The van der Waals surface area contributed by atoms with Crippen LogP contribution in [0.3, 0.4) is 0 Å². The quantitative estimate of drug-likeness (QED) is 0.362. The molecule has 1 aromatic heterocycles. The lowest BCUT2D eigenvalue weighted by Crippen LogP contribution is -1.85. The zero-order valence-electron chi connectivity index (χ0n) is 13.4. The summed E-state index contributed by atoms with van der Waals surface area (Å²) in [5.74, 6) is -0.251. The summed E-state index contributed by atoms with van der Waals surface area (Å²) in [6.45, 7) is 0. The molecule has 0 atom stereocenters. The molecule has 1 nitrogen and oxygen atoms in total. The van der Waals surface area contributed by atoms with Crippen LogP contribution in [0.1, 0.15) is 11.1 Å². The first-order chi connectivity index (χ1) is 12.3. The number of rotatable bonds is 2. The second kappa shape index (κ2) is 5.45. The molecule has 0 fully saturated rings. The normalized spacial score (nSPS) is 11.6. The highest BCUT2D eigenvalue weighted by molar-refractivity contribution is 6.05. The van der Waals surface area contributed by atoms with Crippen molar-refractivity contribution in [1.82, 2.24) is 0 Å². The molecule has 0 unspecified atom stereocenters. The van der Waals surface area contributed by atoms with Gasteiger partial charge in [0.15, 0.2) is 0 Å². The van der Waals surface area contributed by atoms with E-state index in [1.54, 1.807) is 6.07 Å². The van der Waals surface area contributed by atoms with Gasteiger partial charge in [0.05, 0.1) is 0 Å². The average Bonchev–Trinajstić information content (AvgIpc) is 2.99. The fraction of sp³-hybridized carbons (Fsp3) is 0. The van der Waals surface area contributed by atoms with Crippen molar-refractivity contribution < 1.29 is 8.81 Å². The maximum atomic E-state index is 13.6. The molecule has 0 spiro atoms. The lowest BCUT2D eigenvalue weighted by atomic mass is 10.00. The molecule has 0 saturated carbocycles. The summed E-state index contributed by atoms with van der Waals surface area (Å²) in [7, 11) is 0. The highest BCUT2D eigenvalue weighted by Gasteiger charge is 2.09. The Morgan fingerprint density at radius 3 is 2.20 bits per heavy atom. The van der Waals surface area contributed by atoms with Crippen molar-refractivity contribution in [2.75, 3.05) is 0 Å². The SMILES string of the molecule is Fc1ccc2oc3ccc([CH]c4ccc5ccccc5c4)cc3c2c1. The highest BCUT2D eigenvalue weighted by Crippen LogP contribution is 2.31. The third-order valence-corrected chi connectivity index (χ3v) is 4.56. The van der Waals surface area contributed by atoms with Gasteiger partial charge in [-0.3, -0.25) is 0 Å². The molecule has 0 aliphatic rings. The standard InChI is InChI=1S/C23H14FO/c24-19-8-10-23-21(14-19)20-13-16(6-9-22(20)25-23)11-15-5-7-17-3-1-2-4-18(17)12-15/h1-14H. The molecule has 0 N–H and O–H groups in total. The second-order valence-electron chi connectivity index (χ2n) is 6.25. The van der Waals surface area contributed by atoms with Gasteiger partial charge in [0.2, 0.25) is 0 Å². The number of hydrogen-bond donors (Lipinski definition) is 0. The molecule has 0 bridgehead atoms. The first kappa shape index (κ1) is 14.2. The third-order valence-electron chi connectivity index (χ3n) is 4.56. The zero-order chi connectivity index (χ0) is 16.8. The van der Waals surface area contributed by atoms with E-state index in [4.69, 9.17) is 4.42 Å². The van der Waals surface area contributed by atoms with Gasteiger partial charge in [-0.25, -0.2) is 4.39 Å². The van der Waals surface area contributed by atoms with E-state index in [0.29, 0.717) is 5.58 Å². The van der Waals surface area contributed by atoms with Crippen LogP contribution in [0.15, 0.2) is 83.3 Å². The first-order valence-electron chi connectivity index (χ1n) is 8.22. The lowest BCUT2D eigenvalue weighted by molar-refractivity contribution is 0.626. The first-order valence-corrected chi connectivity index (χ1v) is 8.22. The monoisotopic (exact) mass is 325 g/mol. The van der Waals surface area contributed by atoms with Crippen LogP contribution in [0, 0.1) is 12.2 Å². The minimum atomic E-state index is -0.251. The predicted molar refractivity (Wildman–Crippen MR) is 100 cm³/mol. The van der Waals surface area contributed by atoms with E-state index in [9.17, 15) is 4.39 Å². The topological polar surface area (TPSA) is 13.1 Å². The van der Waals surface area contributed by atoms with Crippen LogP contribution in [0.25, 0.3) is 32.7 Å². The van der Waals surface area contributed by atoms with Crippen LogP contribution in [0.5, 0.6) is 0 Å². The molecule has 2 heteroatoms. The van der Waals surface area contributed by atoms with E-state index in [0.717, 1.165) is 27.5 Å². The van der Waals surface area contributed by atoms with Crippen LogP contribution in [0.4, 0.5) is 4.39 Å². The van der Waals surface area contributed by atoms with Gasteiger partial charge in [0, 0.05) is 17.2 Å². The van der Waals surface area contributed by atoms with Crippen molar-refractivity contribution in [1.29, 1.82) is 0 Å². The maximum Gasteiger partial charge on any atom is 0.135 e. The van der Waals surface area contributed by atoms with Crippen molar-refractivity contribution in [3.8, 4) is 0 Å². The number of fused-ring (bicyclic) bond motifs is 4. The Morgan fingerprint density at radius 2 is 1.32 bits per heavy atom. The van der Waals surface area contributed by atoms with E-state index in [2.05, 4.69) is 42.8 Å². The summed E-state index contributed by atoms with van der Waals surface area (Å²) in [4.78, 5) is 0. The molecule has 119 valence electrons. The Hall–Kier alpha value is -3.13. The van der Waals surface area contributed by atoms with Crippen molar-refractivity contribution in [2.45, 2.75) is 0 Å². The molecule has 1 radical (unpaired) electrons. The van der Waals surface area contributed by atoms with Gasteiger partial charge in [0.1, 0.15) is 17.0 Å². The summed E-state index contributed by atoms with van der Waals surface area (Å²) in [5, 5.41) is 4.19. The van der Waals surface area contributed by atoms with Crippen molar-refractivity contribution >= 4 is 32.7 Å². The van der Waals surface area contributed by atoms with Gasteiger partial charge >= 0.3 is 0 Å². The van der Waals surface area contributed by atoms with E-state index in [1.165, 1.54) is 22.9 Å². The molecule has 5 aromatic rings. The van der Waals surface area contributed by atoms with Crippen molar-refractivity contribution in [2.24, 2.45) is 0 Å². The van der Waals surface area contributed by atoms with E-state index in [-0.39, 0.29) is 5.82 Å². The molecular formula is C23H14FO. The molecular weight excluding hydrogens is 311 g/mol. The third kappa shape index (κ3) is 2.47. The van der Waals surface area contributed by atoms with Gasteiger partial charge in [-0.2, -0.15) is 0 Å². The van der Waals surface area contributed by atoms with E-state index in [1.807, 2.05) is 24.3 Å². The molecule has 0 aliphatic carbocycles. The lowest BCUT2D eigenvalue weighted by Gasteiger charge is -2.04. The van der Waals surface area contributed by atoms with Crippen LogP contribution >= 0.6 is 0 Å². The Bertz CT molecular complexity index is 1230. The van der Waals surface area contributed by atoms with Crippen molar-refractivity contribution in [3.05, 3.63) is 102 Å². The van der Waals surface area contributed by atoms with E-state index >= 15 is 0 Å². The molecule has 4 aromatic carbocycles. The Kier molecular flexibility index (Phi) is 3.10.